The van der Waals surface area contributed by atoms with Crippen molar-refractivity contribution in [2.24, 2.45) is 0 Å². The Kier molecular flexibility index (Phi) is 6.40. The molecule has 0 aromatic carbocycles. The molecule has 96 valence electrons. The molecule has 1 heterocycles. The maximum atomic E-state index is 5.72. The smallest absolute Gasteiger partial charge is 0.151 e. The second-order valence-electron chi connectivity index (χ2n) is 4.43. The average Bonchev–Trinajstić information content (AvgIpc) is 2.29. The van der Waals surface area contributed by atoms with E-state index < -0.39 is 0 Å². The van der Waals surface area contributed by atoms with Crippen LogP contribution in [0.1, 0.15) is 19.0 Å². The zero-order valence-electron chi connectivity index (χ0n) is 10.9. The van der Waals surface area contributed by atoms with Crippen LogP contribution in [0.4, 0.5) is 0 Å². The van der Waals surface area contributed by atoms with Gasteiger partial charge in [-0.2, -0.15) is 5.10 Å². The summed E-state index contributed by atoms with van der Waals surface area (Å²) in [6.07, 6.45) is 1.15. The van der Waals surface area contributed by atoms with Crippen molar-refractivity contribution < 1.29 is 0 Å². The number of hydrogen-bond donors (Lipinski definition) is 0. The fraction of sp³-hybridized carbons (Fsp3) is 0.667. The van der Waals surface area contributed by atoms with Gasteiger partial charge in [-0.15, -0.1) is 5.10 Å². The molecule has 4 nitrogen and oxygen atoms in total. The minimum Gasteiger partial charge on any atom is -0.308 e. The van der Waals surface area contributed by atoms with Crippen LogP contribution in [0.2, 0.25) is 5.15 Å². The average molecular weight is 257 g/mol. The third kappa shape index (κ3) is 5.96. The van der Waals surface area contributed by atoms with Gasteiger partial charge in [0.25, 0.3) is 0 Å². The monoisotopic (exact) mass is 256 g/mol. The van der Waals surface area contributed by atoms with Gasteiger partial charge in [-0.25, -0.2) is 0 Å². The van der Waals surface area contributed by atoms with Crippen molar-refractivity contribution >= 4 is 11.6 Å². The van der Waals surface area contributed by atoms with Gasteiger partial charge in [0.05, 0.1) is 5.69 Å². The lowest BCUT2D eigenvalue weighted by Crippen LogP contribution is -2.32. The molecule has 0 aliphatic rings. The van der Waals surface area contributed by atoms with Gasteiger partial charge in [0.2, 0.25) is 0 Å². The van der Waals surface area contributed by atoms with Crippen molar-refractivity contribution in [1.82, 2.24) is 20.0 Å². The van der Waals surface area contributed by atoms with Gasteiger partial charge in [-0.1, -0.05) is 18.5 Å². The highest BCUT2D eigenvalue weighted by Gasteiger charge is 2.06. The number of halogens is 1. The number of likely N-dealkylation sites (N-methyl/N-ethyl adjacent to an activating group) is 1. The van der Waals surface area contributed by atoms with Crippen LogP contribution in [-0.4, -0.2) is 53.7 Å². The maximum absolute atomic E-state index is 5.72. The molecule has 0 saturated carbocycles. The van der Waals surface area contributed by atoms with Crippen LogP contribution in [0.15, 0.2) is 12.1 Å². The first-order valence-corrected chi connectivity index (χ1v) is 6.34. The van der Waals surface area contributed by atoms with E-state index >= 15 is 0 Å². The predicted octanol–water partition coefficient (Wildman–Crippen LogP) is 1.90. The lowest BCUT2D eigenvalue weighted by Gasteiger charge is -2.22. The third-order valence-electron chi connectivity index (χ3n) is 2.48. The van der Waals surface area contributed by atoms with Crippen LogP contribution in [0.3, 0.4) is 0 Å². The minimum atomic E-state index is 0.448. The van der Waals surface area contributed by atoms with Crippen molar-refractivity contribution in [2.75, 3.05) is 33.7 Å². The van der Waals surface area contributed by atoms with Gasteiger partial charge in [-0.3, -0.25) is 4.90 Å². The minimum absolute atomic E-state index is 0.448. The molecule has 0 radical (unpaired) electrons. The van der Waals surface area contributed by atoms with Crippen LogP contribution >= 0.6 is 11.6 Å². The molecule has 0 spiro atoms. The molecule has 0 aliphatic heterocycles. The number of nitrogens with zero attached hydrogens (tertiary/aromatic N) is 4. The Balaban J connectivity index is 2.50. The summed E-state index contributed by atoms with van der Waals surface area (Å²) < 4.78 is 0. The Bertz CT molecular complexity index is 313. The van der Waals surface area contributed by atoms with Gasteiger partial charge in [0.1, 0.15) is 0 Å². The summed E-state index contributed by atoms with van der Waals surface area (Å²) in [5, 5.41) is 8.40. The standard InChI is InChI=1S/C12H21ClN4/c1-4-7-17(9-8-16(2)3)10-11-5-6-12(13)15-14-11/h5-6H,4,7-10H2,1-3H3. The van der Waals surface area contributed by atoms with Crippen molar-refractivity contribution in [3.8, 4) is 0 Å². The van der Waals surface area contributed by atoms with Crippen LogP contribution in [0, 0.1) is 0 Å². The molecule has 0 atom stereocenters. The molecule has 0 fully saturated rings. The Morgan fingerprint density at radius 2 is 1.88 bits per heavy atom. The molecule has 0 bridgehead atoms. The van der Waals surface area contributed by atoms with Crippen LogP contribution in [0.5, 0.6) is 0 Å². The Labute approximate surface area is 109 Å². The molecule has 1 aromatic heterocycles. The molecule has 0 N–H and O–H groups in total. The van der Waals surface area contributed by atoms with Gasteiger partial charge in [0, 0.05) is 19.6 Å². The highest BCUT2D eigenvalue weighted by atomic mass is 35.5. The van der Waals surface area contributed by atoms with E-state index in [2.05, 4.69) is 41.0 Å². The van der Waals surface area contributed by atoms with Gasteiger partial charge in [-0.05, 0) is 39.2 Å². The topological polar surface area (TPSA) is 32.3 Å². The maximum Gasteiger partial charge on any atom is 0.151 e. The normalized spacial score (nSPS) is 11.4. The second-order valence-corrected chi connectivity index (χ2v) is 4.81. The summed E-state index contributed by atoms with van der Waals surface area (Å²) in [5.41, 5.74) is 0.974. The summed E-state index contributed by atoms with van der Waals surface area (Å²) in [7, 11) is 4.18. The number of rotatable bonds is 7. The summed E-state index contributed by atoms with van der Waals surface area (Å²) in [6, 6.07) is 3.73. The SMILES string of the molecule is CCCN(CCN(C)C)Cc1ccc(Cl)nn1. The van der Waals surface area contributed by atoms with Crippen LogP contribution < -0.4 is 0 Å². The first-order valence-electron chi connectivity index (χ1n) is 5.97. The predicted molar refractivity (Wildman–Crippen MR) is 71.2 cm³/mol. The van der Waals surface area contributed by atoms with E-state index in [1.807, 2.05) is 6.07 Å². The van der Waals surface area contributed by atoms with E-state index in [9.17, 15) is 0 Å². The van der Waals surface area contributed by atoms with E-state index in [4.69, 9.17) is 11.6 Å². The van der Waals surface area contributed by atoms with Crippen LogP contribution in [-0.2, 0) is 6.54 Å². The van der Waals surface area contributed by atoms with Crippen LogP contribution in [0.25, 0.3) is 0 Å². The van der Waals surface area contributed by atoms with Crippen molar-refractivity contribution in [1.29, 1.82) is 0 Å². The largest absolute Gasteiger partial charge is 0.308 e. The molecule has 0 saturated heterocycles. The molecule has 1 aromatic rings. The van der Waals surface area contributed by atoms with Crippen molar-refractivity contribution in [2.45, 2.75) is 19.9 Å². The first-order chi connectivity index (χ1) is 8.11. The van der Waals surface area contributed by atoms with Gasteiger partial charge >= 0.3 is 0 Å². The van der Waals surface area contributed by atoms with Crippen molar-refractivity contribution in [3.05, 3.63) is 23.0 Å². The first kappa shape index (κ1) is 14.4. The number of aromatic nitrogens is 2. The third-order valence-corrected chi connectivity index (χ3v) is 2.68. The van der Waals surface area contributed by atoms with E-state index in [1.54, 1.807) is 6.07 Å². The van der Waals surface area contributed by atoms with E-state index in [-0.39, 0.29) is 0 Å². The Morgan fingerprint density at radius 3 is 2.41 bits per heavy atom. The summed E-state index contributed by atoms with van der Waals surface area (Å²) in [4.78, 5) is 4.58. The second kappa shape index (κ2) is 7.58. The zero-order chi connectivity index (χ0) is 12.7. The molecule has 0 unspecified atom stereocenters. The number of hydrogen-bond acceptors (Lipinski definition) is 4. The Hall–Kier alpha value is -0.710. The van der Waals surface area contributed by atoms with E-state index in [0.717, 1.165) is 38.3 Å². The highest BCUT2D eigenvalue weighted by molar-refractivity contribution is 6.29. The highest BCUT2D eigenvalue weighted by Crippen LogP contribution is 2.05. The fourth-order valence-corrected chi connectivity index (χ4v) is 1.69. The summed E-state index contributed by atoms with van der Waals surface area (Å²) in [6.45, 7) is 6.21. The van der Waals surface area contributed by atoms with Gasteiger partial charge in [0.15, 0.2) is 5.15 Å². The van der Waals surface area contributed by atoms with Gasteiger partial charge < -0.3 is 4.90 Å². The van der Waals surface area contributed by atoms with E-state index in [1.165, 1.54) is 0 Å². The summed E-state index contributed by atoms with van der Waals surface area (Å²) >= 11 is 5.72. The molecular formula is C12H21ClN4. The molecule has 0 aliphatic carbocycles. The molecule has 5 heteroatoms. The lowest BCUT2D eigenvalue weighted by molar-refractivity contribution is 0.231. The molecular weight excluding hydrogens is 236 g/mol. The zero-order valence-corrected chi connectivity index (χ0v) is 11.6. The molecule has 0 amide bonds. The summed E-state index contributed by atoms with van der Waals surface area (Å²) in [5.74, 6) is 0. The molecule has 1 rings (SSSR count). The van der Waals surface area contributed by atoms with Crippen molar-refractivity contribution in [3.63, 3.8) is 0 Å². The lowest BCUT2D eigenvalue weighted by atomic mass is 10.3. The fourth-order valence-electron chi connectivity index (χ4n) is 1.58. The molecule has 17 heavy (non-hydrogen) atoms. The quantitative estimate of drug-likeness (QED) is 0.746. The Morgan fingerprint density at radius 1 is 1.12 bits per heavy atom. The van der Waals surface area contributed by atoms with E-state index in [0.29, 0.717) is 5.15 Å².